The van der Waals surface area contributed by atoms with Crippen molar-refractivity contribution in [3.63, 3.8) is 0 Å². The molecule has 3 aromatic rings. The minimum absolute atomic E-state index is 0.112. The van der Waals surface area contributed by atoms with Gasteiger partial charge in [0.2, 0.25) is 12.7 Å². The molecule has 0 spiro atoms. The number of para-hydroxylation sites is 1. The van der Waals surface area contributed by atoms with Crippen molar-refractivity contribution in [1.82, 2.24) is 0 Å². The van der Waals surface area contributed by atoms with E-state index in [-0.39, 0.29) is 12.7 Å². The second-order valence-corrected chi connectivity index (χ2v) is 7.45. The van der Waals surface area contributed by atoms with Crippen LogP contribution in [0.25, 0.3) is 0 Å². The van der Waals surface area contributed by atoms with Crippen LogP contribution in [0.3, 0.4) is 0 Å². The molecule has 4 rings (SSSR count). The molecule has 0 saturated heterocycles. The molecule has 28 heavy (non-hydrogen) atoms. The van der Waals surface area contributed by atoms with Gasteiger partial charge in [0.15, 0.2) is 11.5 Å². The van der Waals surface area contributed by atoms with Gasteiger partial charge in [-0.25, -0.2) is 0 Å². The first-order valence-corrected chi connectivity index (χ1v) is 9.80. The van der Waals surface area contributed by atoms with Gasteiger partial charge in [0.05, 0.1) is 5.69 Å². The van der Waals surface area contributed by atoms with Crippen molar-refractivity contribution in [3.8, 4) is 11.5 Å². The fourth-order valence-electron chi connectivity index (χ4n) is 2.82. The number of nitrogens with one attached hydrogen (secondary N) is 2. The van der Waals surface area contributed by atoms with Gasteiger partial charge in [0, 0.05) is 21.5 Å². The van der Waals surface area contributed by atoms with Gasteiger partial charge in [-0.3, -0.25) is 4.79 Å². The van der Waals surface area contributed by atoms with E-state index in [1.807, 2.05) is 79.7 Å². The lowest BCUT2D eigenvalue weighted by atomic mass is 10.2. The summed E-state index contributed by atoms with van der Waals surface area (Å²) >= 11 is 1.62. The number of rotatable bonds is 6. The average molecular weight is 392 g/mol. The highest BCUT2D eigenvalue weighted by atomic mass is 32.2. The molecule has 1 atom stereocenters. The largest absolute Gasteiger partial charge is 0.454 e. The van der Waals surface area contributed by atoms with E-state index >= 15 is 0 Å². The summed E-state index contributed by atoms with van der Waals surface area (Å²) in [4.78, 5) is 14.8. The molecular formula is C22H20N2O3S. The van der Waals surface area contributed by atoms with Gasteiger partial charge >= 0.3 is 0 Å². The van der Waals surface area contributed by atoms with Gasteiger partial charge in [0.25, 0.3) is 0 Å². The van der Waals surface area contributed by atoms with Crippen LogP contribution in [0.1, 0.15) is 6.92 Å². The molecule has 2 N–H and O–H groups in total. The third kappa shape index (κ3) is 4.23. The summed E-state index contributed by atoms with van der Waals surface area (Å²) in [6, 6.07) is 23.0. The van der Waals surface area contributed by atoms with Crippen LogP contribution >= 0.6 is 11.8 Å². The van der Waals surface area contributed by atoms with Crippen molar-refractivity contribution in [3.05, 3.63) is 72.8 Å². The van der Waals surface area contributed by atoms with Crippen LogP contribution in [-0.4, -0.2) is 18.7 Å². The number of benzene rings is 3. The lowest BCUT2D eigenvalue weighted by Gasteiger charge is -2.17. The van der Waals surface area contributed by atoms with Gasteiger partial charge in [-0.1, -0.05) is 42.1 Å². The first-order valence-electron chi connectivity index (χ1n) is 8.98. The molecule has 1 heterocycles. The third-order valence-electron chi connectivity index (χ3n) is 4.26. The molecule has 1 aliphatic rings. The Morgan fingerprint density at radius 1 is 0.964 bits per heavy atom. The first kappa shape index (κ1) is 18.3. The first-order chi connectivity index (χ1) is 13.7. The Morgan fingerprint density at radius 3 is 2.57 bits per heavy atom. The lowest BCUT2D eigenvalue weighted by molar-refractivity contribution is -0.116. The maximum atomic E-state index is 12.7. The summed E-state index contributed by atoms with van der Waals surface area (Å²) < 4.78 is 10.7. The van der Waals surface area contributed by atoms with Crippen LogP contribution in [-0.2, 0) is 4.79 Å². The molecule has 0 saturated carbocycles. The Labute approximate surface area is 168 Å². The van der Waals surface area contributed by atoms with Crippen molar-refractivity contribution >= 4 is 29.0 Å². The molecule has 3 aromatic carbocycles. The SMILES string of the molecule is C[C@H](Nc1ccc2c(c1)OCO2)C(=O)Nc1ccccc1Sc1ccccc1. The van der Waals surface area contributed by atoms with Gasteiger partial charge in [-0.15, -0.1) is 0 Å². The summed E-state index contributed by atoms with van der Waals surface area (Å²) in [5, 5.41) is 6.23. The second kappa shape index (κ2) is 8.27. The van der Waals surface area contributed by atoms with E-state index in [4.69, 9.17) is 9.47 Å². The highest BCUT2D eigenvalue weighted by molar-refractivity contribution is 7.99. The van der Waals surface area contributed by atoms with Crippen LogP contribution in [0, 0.1) is 0 Å². The number of hydrogen-bond donors (Lipinski definition) is 2. The Kier molecular flexibility index (Phi) is 5.39. The second-order valence-electron chi connectivity index (χ2n) is 6.33. The van der Waals surface area contributed by atoms with E-state index < -0.39 is 6.04 Å². The highest BCUT2D eigenvalue weighted by Crippen LogP contribution is 2.35. The molecule has 1 aliphatic heterocycles. The molecule has 0 aliphatic carbocycles. The smallest absolute Gasteiger partial charge is 0.246 e. The van der Waals surface area contributed by atoms with Crippen LogP contribution in [0.2, 0.25) is 0 Å². The zero-order valence-corrected chi connectivity index (χ0v) is 16.2. The van der Waals surface area contributed by atoms with Crippen LogP contribution in [0.15, 0.2) is 82.6 Å². The molecule has 0 fully saturated rings. The standard InChI is InChI=1S/C22H20N2O3S/c1-15(23-16-11-12-19-20(13-16)27-14-26-19)22(25)24-18-9-5-6-10-21(18)28-17-7-3-2-4-8-17/h2-13,15,23H,14H2,1H3,(H,24,25)/t15-/m0/s1. The van der Waals surface area contributed by atoms with Crippen LogP contribution < -0.4 is 20.1 Å². The summed E-state index contributed by atoms with van der Waals surface area (Å²) in [6.45, 7) is 2.05. The van der Waals surface area contributed by atoms with Crippen molar-refractivity contribution in [1.29, 1.82) is 0 Å². The lowest BCUT2D eigenvalue weighted by Crippen LogP contribution is -2.32. The molecule has 142 valence electrons. The fourth-order valence-corrected chi connectivity index (χ4v) is 3.74. The maximum absolute atomic E-state index is 12.7. The van der Waals surface area contributed by atoms with E-state index in [1.54, 1.807) is 11.8 Å². The number of carbonyl (C=O) groups is 1. The predicted octanol–water partition coefficient (Wildman–Crippen LogP) is 5.01. The van der Waals surface area contributed by atoms with Gasteiger partial charge in [0.1, 0.15) is 6.04 Å². The summed E-state index contributed by atoms with van der Waals surface area (Å²) in [5.41, 5.74) is 1.60. The van der Waals surface area contributed by atoms with Crippen molar-refractivity contribution in [2.45, 2.75) is 22.8 Å². The zero-order chi connectivity index (χ0) is 19.3. The number of anilines is 2. The minimum Gasteiger partial charge on any atom is -0.454 e. The average Bonchev–Trinajstić information content (AvgIpc) is 3.18. The molecule has 1 amide bonds. The Morgan fingerprint density at radius 2 is 1.71 bits per heavy atom. The van der Waals surface area contributed by atoms with E-state index in [9.17, 15) is 4.79 Å². The number of fused-ring (bicyclic) bond motifs is 1. The number of ether oxygens (including phenoxy) is 2. The predicted molar refractivity (Wildman–Crippen MR) is 111 cm³/mol. The molecule has 0 radical (unpaired) electrons. The monoisotopic (exact) mass is 392 g/mol. The van der Waals surface area contributed by atoms with Crippen molar-refractivity contribution in [2.24, 2.45) is 0 Å². The normalized spacial score (nSPS) is 13.0. The van der Waals surface area contributed by atoms with Gasteiger partial charge in [-0.2, -0.15) is 0 Å². The zero-order valence-electron chi connectivity index (χ0n) is 15.3. The van der Waals surface area contributed by atoms with E-state index in [2.05, 4.69) is 10.6 Å². The Balaban J connectivity index is 1.43. The molecule has 0 bridgehead atoms. The maximum Gasteiger partial charge on any atom is 0.246 e. The number of hydrogen-bond acceptors (Lipinski definition) is 5. The van der Waals surface area contributed by atoms with Crippen LogP contribution in [0.4, 0.5) is 11.4 Å². The summed E-state index contributed by atoms with van der Waals surface area (Å²) in [6.07, 6.45) is 0. The van der Waals surface area contributed by atoms with Gasteiger partial charge in [-0.05, 0) is 43.3 Å². The van der Waals surface area contributed by atoms with Crippen molar-refractivity contribution in [2.75, 3.05) is 17.4 Å². The molecule has 6 heteroatoms. The number of amides is 1. The topological polar surface area (TPSA) is 59.6 Å². The van der Waals surface area contributed by atoms with Crippen molar-refractivity contribution < 1.29 is 14.3 Å². The third-order valence-corrected chi connectivity index (χ3v) is 5.35. The summed E-state index contributed by atoms with van der Waals surface area (Å²) in [7, 11) is 0. The minimum atomic E-state index is -0.421. The fraction of sp³-hybridized carbons (Fsp3) is 0.136. The van der Waals surface area contributed by atoms with Gasteiger partial charge < -0.3 is 20.1 Å². The molecular weight excluding hydrogens is 372 g/mol. The Hall–Kier alpha value is -3.12. The van der Waals surface area contributed by atoms with E-state index in [0.29, 0.717) is 5.75 Å². The van der Waals surface area contributed by atoms with E-state index in [0.717, 1.165) is 26.9 Å². The van der Waals surface area contributed by atoms with E-state index in [1.165, 1.54) is 0 Å². The molecule has 0 aromatic heterocycles. The molecule has 0 unspecified atom stereocenters. The quantitative estimate of drug-likeness (QED) is 0.618. The Bertz CT molecular complexity index is 979. The number of carbonyl (C=O) groups excluding carboxylic acids is 1. The highest BCUT2D eigenvalue weighted by Gasteiger charge is 2.17. The van der Waals surface area contributed by atoms with Crippen LogP contribution in [0.5, 0.6) is 11.5 Å². The summed E-state index contributed by atoms with van der Waals surface area (Å²) in [5.74, 6) is 1.29. The molecule has 5 nitrogen and oxygen atoms in total.